The minimum Gasteiger partial charge on any atom is -0.466 e. The maximum absolute atomic E-state index is 11.7. The highest BCUT2D eigenvalue weighted by Gasteiger charge is 2.25. The fourth-order valence-corrected chi connectivity index (χ4v) is 1.85. The quantitative estimate of drug-likeness (QED) is 0.523. The third-order valence-electron chi connectivity index (χ3n) is 2.76. The molecule has 0 radical (unpaired) electrons. The highest BCUT2D eigenvalue weighted by molar-refractivity contribution is 5.96. The number of ketones is 1. The molecule has 98 valence electrons. The van der Waals surface area contributed by atoms with Gasteiger partial charge in [0.15, 0.2) is 5.78 Å². The van der Waals surface area contributed by atoms with Gasteiger partial charge >= 0.3 is 5.97 Å². The summed E-state index contributed by atoms with van der Waals surface area (Å²) in [6.45, 7) is 7.71. The lowest BCUT2D eigenvalue weighted by Crippen LogP contribution is -2.49. The first kappa shape index (κ1) is 14.1. The van der Waals surface area contributed by atoms with Crippen LogP contribution in [0.25, 0.3) is 0 Å². The van der Waals surface area contributed by atoms with Crippen molar-refractivity contribution in [3.8, 4) is 0 Å². The summed E-state index contributed by atoms with van der Waals surface area (Å²) in [6, 6.07) is 0.220. The Balaban J connectivity index is 2.36. The number of morpholine rings is 1. The number of nitrogens with zero attached hydrogens (tertiary/aromatic N) is 1. The summed E-state index contributed by atoms with van der Waals surface area (Å²) in [6.07, 6.45) is 0.00772. The van der Waals surface area contributed by atoms with Crippen LogP contribution in [0.3, 0.4) is 0 Å². The Bertz CT molecular complexity index is 280. The smallest absolute Gasteiger partial charge is 0.313 e. The van der Waals surface area contributed by atoms with Gasteiger partial charge in [-0.15, -0.1) is 0 Å². The van der Waals surface area contributed by atoms with Crippen molar-refractivity contribution in [3.63, 3.8) is 0 Å². The van der Waals surface area contributed by atoms with E-state index < -0.39 is 5.97 Å². The first-order chi connectivity index (χ1) is 8.02. The van der Waals surface area contributed by atoms with Gasteiger partial charge < -0.3 is 9.47 Å². The number of hydrogen-bond acceptors (Lipinski definition) is 5. The Morgan fingerprint density at radius 3 is 2.76 bits per heavy atom. The zero-order valence-corrected chi connectivity index (χ0v) is 10.8. The molecule has 1 aliphatic rings. The van der Waals surface area contributed by atoms with E-state index in [4.69, 9.17) is 9.47 Å². The minimum absolute atomic E-state index is 0.0931. The summed E-state index contributed by atoms with van der Waals surface area (Å²) in [5, 5.41) is 0. The van der Waals surface area contributed by atoms with Crippen LogP contribution in [-0.2, 0) is 19.1 Å². The lowest BCUT2D eigenvalue weighted by Gasteiger charge is -2.36. The molecule has 0 saturated carbocycles. The number of carbonyl (C=O) groups excluding carboxylic acids is 2. The van der Waals surface area contributed by atoms with Crippen LogP contribution in [-0.4, -0.2) is 55.1 Å². The van der Waals surface area contributed by atoms with Crippen molar-refractivity contribution in [2.45, 2.75) is 39.3 Å². The number of Topliss-reactive ketones (excluding diaryl/α,β-unsaturated/α-hetero) is 1. The van der Waals surface area contributed by atoms with E-state index in [2.05, 4.69) is 4.90 Å². The molecule has 5 heteroatoms. The van der Waals surface area contributed by atoms with E-state index in [1.165, 1.54) is 0 Å². The second-order valence-electron chi connectivity index (χ2n) is 4.44. The maximum atomic E-state index is 11.7. The van der Waals surface area contributed by atoms with Gasteiger partial charge in [-0.3, -0.25) is 14.5 Å². The minimum atomic E-state index is -0.438. The van der Waals surface area contributed by atoms with Crippen LogP contribution in [0, 0.1) is 0 Å². The first-order valence-corrected chi connectivity index (χ1v) is 6.06. The van der Waals surface area contributed by atoms with Crippen molar-refractivity contribution in [2.75, 3.05) is 26.3 Å². The second kappa shape index (κ2) is 6.71. The fraction of sp³-hybridized carbons (Fsp3) is 0.833. The van der Waals surface area contributed by atoms with E-state index in [0.717, 1.165) is 6.54 Å². The maximum Gasteiger partial charge on any atom is 0.313 e. The lowest BCUT2D eigenvalue weighted by molar-refractivity contribution is -0.146. The van der Waals surface area contributed by atoms with Crippen LogP contribution in [0.2, 0.25) is 0 Å². The Morgan fingerprint density at radius 2 is 2.12 bits per heavy atom. The van der Waals surface area contributed by atoms with E-state index >= 15 is 0 Å². The van der Waals surface area contributed by atoms with Crippen molar-refractivity contribution in [3.05, 3.63) is 0 Å². The van der Waals surface area contributed by atoms with E-state index in [9.17, 15) is 9.59 Å². The van der Waals surface area contributed by atoms with Crippen molar-refractivity contribution in [2.24, 2.45) is 0 Å². The molecule has 2 atom stereocenters. The van der Waals surface area contributed by atoms with Crippen LogP contribution in [0.5, 0.6) is 0 Å². The number of ether oxygens (including phenoxy) is 2. The van der Waals surface area contributed by atoms with Gasteiger partial charge in [0.05, 0.1) is 25.9 Å². The van der Waals surface area contributed by atoms with Gasteiger partial charge in [-0.25, -0.2) is 0 Å². The highest BCUT2D eigenvalue weighted by atomic mass is 16.5. The molecule has 2 unspecified atom stereocenters. The lowest BCUT2D eigenvalue weighted by atomic mass is 10.1. The Morgan fingerprint density at radius 1 is 1.41 bits per heavy atom. The molecule has 1 saturated heterocycles. The highest BCUT2D eigenvalue weighted by Crippen LogP contribution is 2.11. The molecule has 0 aromatic carbocycles. The largest absolute Gasteiger partial charge is 0.466 e. The summed E-state index contributed by atoms with van der Waals surface area (Å²) in [5.74, 6) is -0.532. The number of esters is 1. The van der Waals surface area contributed by atoms with Gasteiger partial charge in [-0.1, -0.05) is 0 Å². The molecule has 0 spiro atoms. The molecule has 0 aromatic heterocycles. The molecule has 1 aliphatic heterocycles. The summed E-state index contributed by atoms with van der Waals surface area (Å²) < 4.78 is 10.2. The molecule has 0 aliphatic carbocycles. The normalized spacial score (nSPS) is 25.6. The molecular weight excluding hydrogens is 222 g/mol. The average Bonchev–Trinajstić information content (AvgIpc) is 2.23. The number of carbonyl (C=O) groups is 2. The van der Waals surface area contributed by atoms with Gasteiger partial charge in [0, 0.05) is 12.6 Å². The molecule has 5 nitrogen and oxygen atoms in total. The first-order valence-electron chi connectivity index (χ1n) is 6.06. The topological polar surface area (TPSA) is 55.8 Å². The van der Waals surface area contributed by atoms with Gasteiger partial charge in [-0.05, 0) is 20.8 Å². The second-order valence-corrected chi connectivity index (χ2v) is 4.44. The van der Waals surface area contributed by atoms with E-state index in [1.54, 1.807) is 6.92 Å². The molecule has 1 fully saturated rings. The van der Waals surface area contributed by atoms with Crippen LogP contribution in [0.1, 0.15) is 27.2 Å². The summed E-state index contributed by atoms with van der Waals surface area (Å²) >= 11 is 0. The number of hydrogen-bond donors (Lipinski definition) is 0. The summed E-state index contributed by atoms with van der Waals surface area (Å²) in [7, 11) is 0. The number of rotatable bonds is 5. The Kier molecular flexibility index (Phi) is 5.58. The SMILES string of the molecule is CCOC(=O)CC(=O)CN1CC(C)OCC1C. The third-order valence-corrected chi connectivity index (χ3v) is 2.76. The monoisotopic (exact) mass is 243 g/mol. The van der Waals surface area contributed by atoms with Crippen LogP contribution >= 0.6 is 0 Å². The molecule has 0 N–H and O–H groups in total. The van der Waals surface area contributed by atoms with Gasteiger partial charge in [0.2, 0.25) is 0 Å². The Hall–Kier alpha value is -0.940. The molecule has 0 bridgehead atoms. The molecular formula is C12H21NO4. The van der Waals surface area contributed by atoms with E-state index in [0.29, 0.717) is 19.8 Å². The fourth-order valence-electron chi connectivity index (χ4n) is 1.85. The molecule has 1 heterocycles. The zero-order chi connectivity index (χ0) is 12.8. The van der Waals surface area contributed by atoms with Crippen LogP contribution in [0.15, 0.2) is 0 Å². The van der Waals surface area contributed by atoms with Crippen LogP contribution < -0.4 is 0 Å². The summed E-state index contributed by atoms with van der Waals surface area (Å²) in [5.41, 5.74) is 0. The van der Waals surface area contributed by atoms with Crippen molar-refractivity contribution >= 4 is 11.8 Å². The van der Waals surface area contributed by atoms with Gasteiger partial charge in [0.1, 0.15) is 6.42 Å². The molecule has 0 aromatic rings. The standard InChI is InChI=1S/C12H21NO4/c1-4-16-12(15)5-11(14)7-13-6-10(3)17-8-9(13)2/h9-10H,4-8H2,1-3H3. The Labute approximate surface area is 102 Å². The zero-order valence-electron chi connectivity index (χ0n) is 10.8. The van der Waals surface area contributed by atoms with Gasteiger partial charge in [0.25, 0.3) is 0 Å². The predicted octanol–water partition coefficient (Wildman–Crippen LogP) is 0.618. The summed E-state index contributed by atoms with van der Waals surface area (Å²) in [4.78, 5) is 24.9. The molecule has 1 rings (SSSR count). The van der Waals surface area contributed by atoms with E-state index in [1.807, 2.05) is 13.8 Å². The van der Waals surface area contributed by atoms with Crippen molar-refractivity contribution in [1.82, 2.24) is 4.90 Å². The third kappa shape index (κ3) is 4.83. The average molecular weight is 243 g/mol. The van der Waals surface area contributed by atoms with Gasteiger partial charge in [-0.2, -0.15) is 0 Å². The molecule has 17 heavy (non-hydrogen) atoms. The van der Waals surface area contributed by atoms with E-state index in [-0.39, 0.29) is 24.3 Å². The van der Waals surface area contributed by atoms with Crippen molar-refractivity contribution in [1.29, 1.82) is 0 Å². The van der Waals surface area contributed by atoms with Crippen LogP contribution in [0.4, 0.5) is 0 Å². The van der Waals surface area contributed by atoms with Crippen molar-refractivity contribution < 1.29 is 19.1 Å². The predicted molar refractivity (Wildman–Crippen MR) is 62.7 cm³/mol. The molecule has 0 amide bonds.